The maximum Gasteiger partial charge on any atom is 0.336 e. The number of hydrogen-bond donors (Lipinski definition) is 1. The highest BCUT2D eigenvalue weighted by atomic mass is 16.4. The molecule has 6 nitrogen and oxygen atoms in total. The van der Waals surface area contributed by atoms with Crippen LogP contribution in [0, 0.1) is 6.92 Å². The van der Waals surface area contributed by atoms with Gasteiger partial charge in [-0.3, -0.25) is 4.98 Å². The lowest BCUT2D eigenvalue weighted by Crippen LogP contribution is -2.00. The molecule has 2 aromatic carbocycles. The third-order valence-electron chi connectivity index (χ3n) is 4.98. The topological polar surface area (TPSA) is 88.0 Å². The minimum absolute atomic E-state index is 0.0770. The first-order valence-corrected chi connectivity index (χ1v) is 10.1. The van der Waals surface area contributed by atoms with Gasteiger partial charge in [-0.1, -0.05) is 30.4 Å². The fraction of sp³-hybridized carbons (Fsp3) is 0.0769. The number of aromatic hydroxyl groups is 1. The highest BCUT2D eigenvalue weighted by molar-refractivity contribution is 5.89. The maximum atomic E-state index is 11.8. The molecule has 32 heavy (non-hydrogen) atoms. The van der Waals surface area contributed by atoms with Crippen LogP contribution in [0.25, 0.3) is 23.1 Å². The molecule has 0 saturated carbocycles. The Morgan fingerprint density at radius 1 is 1.03 bits per heavy atom. The van der Waals surface area contributed by atoms with Crippen molar-refractivity contribution >= 4 is 34.5 Å². The summed E-state index contributed by atoms with van der Waals surface area (Å²) in [6.07, 6.45) is 9.48. The molecule has 0 atom stereocenters. The summed E-state index contributed by atoms with van der Waals surface area (Å²) in [6.45, 7) is 5.53. The molecule has 0 aliphatic heterocycles. The maximum absolute atomic E-state index is 11.8. The Bertz CT molecular complexity index is 1390. The van der Waals surface area contributed by atoms with E-state index in [9.17, 15) is 9.90 Å². The number of pyridine rings is 1. The van der Waals surface area contributed by atoms with Gasteiger partial charge in [0.05, 0.1) is 5.69 Å². The van der Waals surface area contributed by atoms with Crippen LogP contribution >= 0.6 is 0 Å². The van der Waals surface area contributed by atoms with Gasteiger partial charge >= 0.3 is 5.63 Å². The Labute approximate surface area is 184 Å². The Kier molecular flexibility index (Phi) is 6.03. The molecule has 0 aliphatic rings. The average Bonchev–Trinajstić information content (AvgIpc) is 2.80. The minimum atomic E-state index is -0.466. The van der Waals surface area contributed by atoms with Gasteiger partial charge in [-0.05, 0) is 60.4 Å². The fourth-order valence-electron chi connectivity index (χ4n) is 3.33. The Balaban J connectivity index is 1.63. The predicted octanol–water partition coefficient (Wildman–Crippen LogP) is 6.52. The van der Waals surface area contributed by atoms with E-state index in [0.717, 1.165) is 16.7 Å². The van der Waals surface area contributed by atoms with Crippen LogP contribution < -0.4 is 5.63 Å². The number of azo groups is 1. The molecule has 0 radical (unpaired) electrons. The number of rotatable bonds is 6. The molecule has 2 heterocycles. The summed E-state index contributed by atoms with van der Waals surface area (Å²) in [5.74, 6) is -0.0770. The van der Waals surface area contributed by atoms with E-state index in [2.05, 4.69) is 21.8 Å². The normalized spacial score (nSPS) is 11.5. The lowest BCUT2D eigenvalue weighted by molar-refractivity contribution is 0.467. The number of hydrogen-bond acceptors (Lipinski definition) is 6. The zero-order valence-electron chi connectivity index (χ0n) is 17.5. The van der Waals surface area contributed by atoms with Crippen molar-refractivity contribution in [2.45, 2.75) is 13.3 Å². The predicted molar refractivity (Wildman–Crippen MR) is 127 cm³/mol. The molecule has 0 saturated heterocycles. The van der Waals surface area contributed by atoms with Crippen molar-refractivity contribution < 1.29 is 9.52 Å². The van der Waals surface area contributed by atoms with E-state index in [-0.39, 0.29) is 5.75 Å². The van der Waals surface area contributed by atoms with Crippen molar-refractivity contribution in [2.24, 2.45) is 10.2 Å². The summed E-state index contributed by atoms with van der Waals surface area (Å²) in [5, 5.41) is 19.9. The lowest BCUT2D eigenvalue weighted by atomic mass is 10.0. The second-order valence-corrected chi connectivity index (χ2v) is 7.25. The number of aryl methyl sites for hydroxylation is 1. The van der Waals surface area contributed by atoms with Crippen LogP contribution in [0.4, 0.5) is 11.4 Å². The van der Waals surface area contributed by atoms with E-state index >= 15 is 0 Å². The van der Waals surface area contributed by atoms with Crippen LogP contribution in [0.15, 0.2) is 93.0 Å². The first kappa shape index (κ1) is 20.9. The number of aromatic nitrogens is 1. The summed E-state index contributed by atoms with van der Waals surface area (Å²) in [4.78, 5) is 15.8. The first-order valence-electron chi connectivity index (χ1n) is 10.1. The minimum Gasteiger partial charge on any atom is -0.505 e. The first-order chi connectivity index (χ1) is 15.5. The van der Waals surface area contributed by atoms with Crippen molar-refractivity contribution in [1.29, 1.82) is 0 Å². The number of fused-ring (bicyclic) bond motifs is 1. The highest BCUT2D eigenvalue weighted by Crippen LogP contribution is 2.38. The molecule has 0 spiro atoms. The number of allylic oxidation sites excluding steroid dienone is 1. The zero-order valence-corrected chi connectivity index (χ0v) is 17.5. The summed E-state index contributed by atoms with van der Waals surface area (Å²) >= 11 is 0. The molecule has 0 amide bonds. The van der Waals surface area contributed by atoms with Gasteiger partial charge in [0.1, 0.15) is 17.0 Å². The SMILES string of the molecule is C=CCc1c(O)c(N=Nc2ccc(/C=C/c3ccncc3)cc2)cc2c(C)cc(=O)oc12. The zero-order chi connectivity index (χ0) is 22.5. The van der Waals surface area contributed by atoms with Crippen LogP contribution in [0.1, 0.15) is 22.3 Å². The van der Waals surface area contributed by atoms with Crippen LogP contribution in [-0.4, -0.2) is 10.1 Å². The summed E-state index contributed by atoms with van der Waals surface area (Å²) in [7, 11) is 0. The molecule has 4 rings (SSSR count). The Hall–Kier alpha value is -4.32. The van der Waals surface area contributed by atoms with Gasteiger partial charge in [-0.15, -0.1) is 11.7 Å². The number of phenolic OH excluding ortho intramolecular Hbond substituents is 1. The molecule has 6 heteroatoms. The average molecular weight is 423 g/mol. The van der Waals surface area contributed by atoms with Crippen molar-refractivity contribution in [2.75, 3.05) is 0 Å². The van der Waals surface area contributed by atoms with Gasteiger partial charge in [-0.2, -0.15) is 5.11 Å². The van der Waals surface area contributed by atoms with Crippen LogP contribution in [-0.2, 0) is 6.42 Å². The van der Waals surface area contributed by atoms with E-state index in [1.807, 2.05) is 55.5 Å². The smallest absolute Gasteiger partial charge is 0.336 e. The molecule has 4 aromatic rings. The van der Waals surface area contributed by atoms with Crippen molar-refractivity contribution in [1.82, 2.24) is 4.98 Å². The summed E-state index contributed by atoms with van der Waals surface area (Å²) in [6, 6.07) is 14.5. The number of benzene rings is 2. The van der Waals surface area contributed by atoms with Crippen molar-refractivity contribution in [3.63, 3.8) is 0 Å². The summed E-state index contributed by atoms with van der Waals surface area (Å²) in [5.41, 5.74) is 4.11. The van der Waals surface area contributed by atoms with Crippen LogP contribution in [0.2, 0.25) is 0 Å². The molecular weight excluding hydrogens is 402 g/mol. The monoisotopic (exact) mass is 423 g/mol. The Morgan fingerprint density at radius 2 is 1.72 bits per heavy atom. The van der Waals surface area contributed by atoms with E-state index in [1.165, 1.54) is 6.07 Å². The second-order valence-electron chi connectivity index (χ2n) is 7.25. The molecular formula is C26H21N3O3. The molecule has 0 aliphatic carbocycles. The molecule has 0 bridgehead atoms. The van der Waals surface area contributed by atoms with Crippen molar-refractivity contribution in [3.05, 3.63) is 106 Å². The lowest BCUT2D eigenvalue weighted by Gasteiger charge is -2.10. The third-order valence-corrected chi connectivity index (χ3v) is 4.98. The van der Waals surface area contributed by atoms with E-state index < -0.39 is 5.63 Å². The Morgan fingerprint density at radius 3 is 2.41 bits per heavy atom. The van der Waals surface area contributed by atoms with Gasteiger partial charge < -0.3 is 9.52 Å². The standard InChI is InChI=1S/C26H21N3O3/c1-3-4-21-25(31)23(16-22-17(2)15-24(30)32-26(21)22)29-28-20-9-7-18(8-10-20)5-6-19-11-13-27-14-12-19/h3,5-16,31H,1,4H2,2H3/b6-5+,29-28?. The second kappa shape index (κ2) is 9.22. The quantitative estimate of drug-likeness (QED) is 0.217. The van der Waals surface area contributed by atoms with Crippen LogP contribution in [0.3, 0.4) is 0 Å². The number of phenols is 1. The van der Waals surface area contributed by atoms with Gasteiger partial charge in [0.25, 0.3) is 0 Å². The van der Waals surface area contributed by atoms with E-state index in [0.29, 0.717) is 34.3 Å². The van der Waals surface area contributed by atoms with Gasteiger partial charge in [0, 0.05) is 29.4 Å². The van der Waals surface area contributed by atoms with E-state index in [4.69, 9.17) is 4.42 Å². The fourth-order valence-corrected chi connectivity index (χ4v) is 3.33. The summed E-state index contributed by atoms with van der Waals surface area (Å²) < 4.78 is 5.35. The molecule has 1 N–H and O–H groups in total. The van der Waals surface area contributed by atoms with Gasteiger partial charge in [-0.25, -0.2) is 4.79 Å². The molecule has 158 valence electrons. The van der Waals surface area contributed by atoms with E-state index in [1.54, 1.807) is 24.5 Å². The number of nitrogens with zero attached hydrogens (tertiary/aromatic N) is 3. The van der Waals surface area contributed by atoms with Crippen LogP contribution in [0.5, 0.6) is 5.75 Å². The largest absolute Gasteiger partial charge is 0.505 e. The molecule has 2 aromatic heterocycles. The highest BCUT2D eigenvalue weighted by Gasteiger charge is 2.16. The van der Waals surface area contributed by atoms with Gasteiger partial charge in [0.15, 0.2) is 0 Å². The third kappa shape index (κ3) is 4.54. The van der Waals surface area contributed by atoms with Gasteiger partial charge in [0.2, 0.25) is 0 Å². The molecule has 0 unspecified atom stereocenters. The molecule has 0 fully saturated rings. The van der Waals surface area contributed by atoms with Crippen molar-refractivity contribution in [3.8, 4) is 5.75 Å².